The van der Waals surface area contributed by atoms with Gasteiger partial charge in [-0.3, -0.25) is 4.79 Å². The van der Waals surface area contributed by atoms with Crippen molar-refractivity contribution in [1.82, 2.24) is 10.3 Å². The van der Waals surface area contributed by atoms with Crippen LogP contribution in [0.5, 0.6) is 0 Å². The molecule has 1 heterocycles. The molecule has 0 aliphatic carbocycles. The third-order valence-electron chi connectivity index (χ3n) is 2.93. The molecule has 4 N–H and O–H groups in total. The Bertz CT molecular complexity index is 667. The van der Waals surface area contributed by atoms with Gasteiger partial charge in [0, 0.05) is 0 Å². The maximum Gasteiger partial charge on any atom is 0.264 e. The SMILES string of the molecule is Cc1nc(C)c(C(=O)NC(/C(N)=N/O)c2ccccc2)s1. The van der Waals surface area contributed by atoms with Crippen LogP contribution in [-0.2, 0) is 0 Å². The van der Waals surface area contributed by atoms with Gasteiger partial charge in [-0.2, -0.15) is 0 Å². The zero-order valence-corrected chi connectivity index (χ0v) is 12.5. The second-order valence-corrected chi connectivity index (χ2v) is 5.69. The van der Waals surface area contributed by atoms with Crippen LogP contribution in [0.25, 0.3) is 0 Å². The summed E-state index contributed by atoms with van der Waals surface area (Å²) in [7, 11) is 0. The standard InChI is InChI=1S/C14H16N4O2S/c1-8-12(21-9(2)16-8)14(19)17-11(13(15)18-20)10-6-4-3-5-7-10/h3-7,11,20H,1-2H3,(H2,15,18)(H,17,19). The number of hydrogen-bond acceptors (Lipinski definition) is 5. The quantitative estimate of drug-likeness (QED) is 0.348. The number of carbonyl (C=O) groups excluding carboxylic acids is 1. The maximum absolute atomic E-state index is 12.4. The van der Waals surface area contributed by atoms with Crippen molar-refractivity contribution in [3.05, 3.63) is 51.5 Å². The molecule has 2 aromatic rings. The summed E-state index contributed by atoms with van der Waals surface area (Å²) in [6.07, 6.45) is 0. The number of benzene rings is 1. The van der Waals surface area contributed by atoms with Gasteiger partial charge < -0.3 is 16.3 Å². The Kier molecular flexibility index (Phi) is 4.54. The van der Waals surface area contributed by atoms with Gasteiger partial charge in [0.05, 0.1) is 10.7 Å². The van der Waals surface area contributed by atoms with E-state index in [2.05, 4.69) is 15.5 Å². The van der Waals surface area contributed by atoms with E-state index in [1.54, 1.807) is 19.1 Å². The summed E-state index contributed by atoms with van der Waals surface area (Å²) in [6, 6.07) is 8.40. The number of amidine groups is 1. The topological polar surface area (TPSA) is 101 Å². The highest BCUT2D eigenvalue weighted by Crippen LogP contribution is 2.19. The third-order valence-corrected chi connectivity index (χ3v) is 4.00. The molecule has 1 aromatic heterocycles. The van der Waals surface area contributed by atoms with Crippen molar-refractivity contribution in [1.29, 1.82) is 0 Å². The summed E-state index contributed by atoms with van der Waals surface area (Å²) in [5.74, 6) is -0.369. The smallest absolute Gasteiger partial charge is 0.264 e. The van der Waals surface area contributed by atoms with E-state index >= 15 is 0 Å². The molecular weight excluding hydrogens is 288 g/mol. The van der Waals surface area contributed by atoms with Gasteiger partial charge >= 0.3 is 0 Å². The number of rotatable bonds is 4. The van der Waals surface area contributed by atoms with E-state index < -0.39 is 6.04 Å². The highest BCUT2D eigenvalue weighted by molar-refractivity contribution is 7.13. The van der Waals surface area contributed by atoms with Crippen LogP contribution in [0.1, 0.15) is 32.0 Å². The second kappa shape index (κ2) is 6.36. The number of nitrogens with two attached hydrogens (primary N) is 1. The fourth-order valence-corrected chi connectivity index (χ4v) is 2.79. The normalized spacial score (nSPS) is 13.0. The molecule has 0 saturated carbocycles. The molecule has 0 fully saturated rings. The summed E-state index contributed by atoms with van der Waals surface area (Å²) in [4.78, 5) is 17.1. The van der Waals surface area contributed by atoms with E-state index in [1.165, 1.54) is 11.3 Å². The summed E-state index contributed by atoms with van der Waals surface area (Å²) in [5, 5.41) is 15.5. The molecule has 0 aliphatic rings. The van der Waals surface area contributed by atoms with Crippen LogP contribution in [0.15, 0.2) is 35.5 Å². The maximum atomic E-state index is 12.4. The lowest BCUT2D eigenvalue weighted by Gasteiger charge is -2.17. The number of amides is 1. The molecule has 1 atom stereocenters. The van der Waals surface area contributed by atoms with Crippen LogP contribution in [0.2, 0.25) is 0 Å². The monoisotopic (exact) mass is 304 g/mol. The molecule has 110 valence electrons. The largest absolute Gasteiger partial charge is 0.409 e. The van der Waals surface area contributed by atoms with Crippen LogP contribution < -0.4 is 11.1 Å². The molecule has 0 aliphatic heterocycles. The van der Waals surface area contributed by atoms with Crippen molar-refractivity contribution >= 4 is 23.1 Å². The summed E-state index contributed by atoms with van der Waals surface area (Å²) in [5.41, 5.74) is 7.10. The van der Waals surface area contributed by atoms with Gasteiger partial charge in [0.25, 0.3) is 5.91 Å². The average Bonchev–Trinajstić information content (AvgIpc) is 2.83. The van der Waals surface area contributed by atoms with Gasteiger partial charge in [0.15, 0.2) is 5.84 Å². The first-order valence-electron chi connectivity index (χ1n) is 6.30. The molecule has 21 heavy (non-hydrogen) atoms. The molecular formula is C14H16N4O2S. The Morgan fingerprint density at radius 2 is 2.05 bits per heavy atom. The number of thiazole rings is 1. The van der Waals surface area contributed by atoms with E-state index in [4.69, 9.17) is 10.9 Å². The number of aromatic nitrogens is 1. The van der Waals surface area contributed by atoms with Crippen molar-refractivity contribution in [2.75, 3.05) is 0 Å². The van der Waals surface area contributed by atoms with E-state index in [0.717, 1.165) is 10.6 Å². The summed E-state index contributed by atoms with van der Waals surface area (Å²) in [6.45, 7) is 3.62. The Labute approximate surface area is 126 Å². The molecule has 0 radical (unpaired) electrons. The number of nitrogens with zero attached hydrogens (tertiary/aromatic N) is 2. The Hall–Kier alpha value is -2.41. The van der Waals surface area contributed by atoms with E-state index in [1.807, 2.05) is 25.1 Å². The number of oxime groups is 1. The van der Waals surface area contributed by atoms with Crippen molar-refractivity contribution in [3.63, 3.8) is 0 Å². The van der Waals surface area contributed by atoms with E-state index in [-0.39, 0.29) is 11.7 Å². The van der Waals surface area contributed by atoms with Crippen molar-refractivity contribution < 1.29 is 10.0 Å². The Morgan fingerprint density at radius 3 is 2.57 bits per heavy atom. The van der Waals surface area contributed by atoms with Crippen molar-refractivity contribution in [2.45, 2.75) is 19.9 Å². The van der Waals surface area contributed by atoms with Crippen molar-refractivity contribution in [3.8, 4) is 0 Å². The molecule has 1 aromatic carbocycles. The number of nitrogens with one attached hydrogen (secondary N) is 1. The molecule has 0 saturated heterocycles. The molecule has 7 heteroatoms. The molecule has 0 bridgehead atoms. The minimum Gasteiger partial charge on any atom is -0.409 e. The fraction of sp³-hybridized carbons (Fsp3) is 0.214. The van der Waals surface area contributed by atoms with Gasteiger partial charge in [-0.25, -0.2) is 4.98 Å². The predicted molar refractivity (Wildman–Crippen MR) is 81.6 cm³/mol. The van der Waals surface area contributed by atoms with Crippen LogP contribution in [0, 0.1) is 13.8 Å². The molecule has 6 nitrogen and oxygen atoms in total. The second-order valence-electron chi connectivity index (χ2n) is 4.49. The minimum atomic E-state index is -0.689. The minimum absolute atomic E-state index is 0.0755. The predicted octanol–water partition coefficient (Wildman–Crippen LogP) is 1.98. The highest BCUT2D eigenvalue weighted by Gasteiger charge is 2.22. The molecule has 1 amide bonds. The Balaban J connectivity index is 2.28. The fourth-order valence-electron chi connectivity index (χ4n) is 1.97. The van der Waals surface area contributed by atoms with Gasteiger partial charge in [-0.1, -0.05) is 35.5 Å². The molecule has 2 rings (SSSR count). The van der Waals surface area contributed by atoms with Crippen LogP contribution in [-0.4, -0.2) is 21.9 Å². The first kappa shape index (κ1) is 15.0. The van der Waals surface area contributed by atoms with Crippen LogP contribution in [0.4, 0.5) is 0 Å². The zero-order valence-electron chi connectivity index (χ0n) is 11.7. The van der Waals surface area contributed by atoms with Gasteiger partial charge in [0.2, 0.25) is 0 Å². The highest BCUT2D eigenvalue weighted by atomic mass is 32.1. The third kappa shape index (κ3) is 3.38. The van der Waals surface area contributed by atoms with Gasteiger partial charge in [-0.15, -0.1) is 11.3 Å². The van der Waals surface area contributed by atoms with Crippen molar-refractivity contribution in [2.24, 2.45) is 10.9 Å². The average molecular weight is 304 g/mol. The number of carbonyl (C=O) groups is 1. The first-order valence-corrected chi connectivity index (χ1v) is 7.12. The zero-order chi connectivity index (χ0) is 15.4. The number of hydrogen-bond donors (Lipinski definition) is 3. The lowest BCUT2D eigenvalue weighted by molar-refractivity contribution is 0.0949. The lowest BCUT2D eigenvalue weighted by atomic mass is 10.1. The van der Waals surface area contributed by atoms with Gasteiger partial charge in [0.1, 0.15) is 10.9 Å². The summed E-state index contributed by atoms with van der Waals surface area (Å²) < 4.78 is 0. The first-order chi connectivity index (χ1) is 10.0. The number of aryl methyl sites for hydroxylation is 2. The Morgan fingerprint density at radius 1 is 1.38 bits per heavy atom. The van der Waals surface area contributed by atoms with Crippen LogP contribution >= 0.6 is 11.3 Å². The van der Waals surface area contributed by atoms with E-state index in [9.17, 15) is 4.79 Å². The lowest BCUT2D eigenvalue weighted by Crippen LogP contribution is -2.37. The van der Waals surface area contributed by atoms with E-state index in [0.29, 0.717) is 10.6 Å². The van der Waals surface area contributed by atoms with Crippen LogP contribution in [0.3, 0.4) is 0 Å². The van der Waals surface area contributed by atoms with Gasteiger partial charge in [-0.05, 0) is 19.4 Å². The molecule has 1 unspecified atom stereocenters. The molecule has 0 spiro atoms. The summed E-state index contributed by atoms with van der Waals surface area (Å²) >= 11 is 1.31.